The van der Waals surface area contributed by atoms with Gasteiger partial charge in [-0.25, -0.2) is 5.48 Å². The van der Waals surface area contributed by atoms with Gasteiger partial charge in [-0.1, -0.05) is 71.4 Å². The molecule has 0 saturated carbocycles. The molecule has 1 aromatic carbocycles. The number of likely N-dealkylation sites (tertiary alicyclic amines) is 1. The second-order valence-electron chi connectivity index (χ2n) is 15.5. The van der Waals surface area contributed by atoms with Crippen LogP contribution in [0.25, 0.3) is 0 Å². The number of piperazine rings is 1. The van der Waals surface area contributed by atoms with Crippen LogP contribution in [0.4, 0.5) is 0 Å². The van der Waals surface area contributed by atoms with Crippen LogP contribution in [0.3, 0.4) is 0 Å². The Morgan fingerprint density at radius 2 is 1.61 bits per heavy atom. The third kappa shape index (κ3) is 12.9. The Kier molecular flexibility index (Phi) is 19.7. The maximum Gasteiger partial charge on any atom is 0.266 e. The number of amides is 5. The first-order valence-electron chi connectivity index (χ1n) is 20.4. The summed E-state index contributed by atoms with van der Waals surface area (Å²) in [5, 5.41) is 9.11. The van der Waals surface area contributed by atoms with Crippen LogP contribution in [0.5, 0.6) is 0 Å². The number of hydroxylamine groups is 1. The average Bonchev–Trinajstić information content (AvgIpc) is 3.68. The van der Waals surface area contributed by atoms with Crippen molar-refractivity contribution in [2.75, 3.05) is 67.1 Å². The first-order chi connectivity index (χ1) is 26.8. The summed E-state index contributed by atoms with van der Waals surface area (Å²) in [5.74, 6) is -2.09. The Morgan fingerprint density at radius 3 is 2.20 bits per heavy atom. The third-order valence-electron chi connectivity index (χ3n) is 11.4. The predicted octanol–water partition coefficient (Wildman–Crippen LogP) is 1.75. The molecule has 316 valence electrons. The SMILES string of the molecule is CCONC(=O)C(Cc1ccccc1)NC(=O)C(C)C(OC)C1CCCN1C(=O)CC(OC)C(C(C)CC)N(C)C(=O)CNC(=O)C(C(C)C)N1CCNCC1. The molecule has 2 fully saturated rings. The summed E-state index contributed by atoms with van der Waals surface area (Å²) < 4.78 is 11.9. The van der Waals surface area contributed by atoms with E-state index in [1.165, 1.54) is 7.11 Å². The number of hydrogen-bond donors (Lipinski definition) is 4. The zero-order valence-corrected chi connectivity index (χ0v) is 35.2. The molecular formula is C41H69N7O8. The van der Waals surface area contributed by atoms with Crippen LogP contribution in [0.15, 0.2) is 30.3 Å². The summed E-state index contributed by atoms with van der Waals surface area (Å²) in [6, 6.07) is 7.34. The van der Waals surface area contributed by atoms with Gasteiger partial charge in [0.05, 0.1) is 55.8 Å². The summed E-state index contributed by atoms with van der Waals surface area (Å²) in [7, 11) is 4.78. The Labute approximate surface area is 334 Å². The van der Waals surface area contributed by atoms with E-state index in [9.17, 15) is 24.0 Å². The molecule has 15 heteroatoms. The number of nitrogens with zero attached hydrogens (tertiary/aromatic N) is 3. The van der Waals surface area contributed by atoms with Crippen molar-refractivity contribution >= 4 is 29.5 Å². The monoisotopic (exact) mass is 788 g/mol. The molecule has 15 nitrogen and oxygen atoms in total. The molecule has 4 N–H and O–H groups in total. The number of carbonyl (C=O) groups is 5. The lowest BCUT2D eigenvalue weighted by molar-refractivity contribution is -0.146. The van der Waals surface area contributed by atoms with E-state index in [2.05, 4.69) is 26.3 Å². The minimum atomic E-state index is -0.894. The first-order valence-corrected chi connectivity index (χ1v) is 20.4. The van der Waals surface area contributed by atoms with Gasteiger partial charge in [0.25, 0.3) is 5.91 Å². The predicted molar refractivity (Wildman–Crippen MR) is 214 cm³/mol. The molecule has 2 aliphatic heterocycles. The Balaban J connectivity index is 1.71. The zero-order chi connectivity index (χ0) is 41.4. The number of carbonyl (C=O) groups excluding carboxylic acids is 5. The van der Waals surface area contributed by atoms with Crippen LogP contribution in [-0.2, 0) is 44.7 Å². The van der Waals surface area contributed by atoms with Gasteiger partial charge in [0.1, 0.15) is 6.04 Å². The fourth-order valence-electron chi connectivity index (χ4n) is 8.14. The topological polar surface area (TPSA) is 171 Å². The standard InChI is InChI=1S/C41H69N7O8/c1-10-28(5)37(46(7)35(50)26-43-41(53)36(27(3)4)47-22-19-42-20-23-47)33(54-8)25-34(49)48-21-15-18-32(48)38(55-9)29(6)39(51)44-31(40(52)45-56-11-2)24-30-16-13-12-14-17-30/h12-14,16-17,27-29,31-33,36-38,42H,10-11,15,18-26H2,1-9H3,(H,43,53)(H,44,51)(H,45,52). The number of likely N-dealkylation sites (N-methyl/N-ethyl adjacent to an activating group) is 1. The lowest BCUT2D eigenvalue weighted by atomic mass is 9.90. The molecular weight excluding hydrogens is 718 g/mol. The maximum absolute atomic E-state index is 14.2. The second-order valence-corrected chi connectivity index (χ2v) is 15.5. The van der Waals surface area contributed by atoms with Crippen LogP contribution in [0, 0.1) is 17.8 Å². The van der Waals surface area contributed by atoms with Crippen LogP contribution in [-0.4, -0.2) is 148 Å². The molecule has 5 amide bonds. The van der Waals surface area contributed by atoms with Gasteiger partial charge in [0.2, 0.25) is 23.6 Å². The van der Waals surface area contributed by atoms with Gasteiger partial charge in [-0.15, -0.1) is 0 Å². The number of ether oxygens (including phenoxy) is 2. The van der Waals surface area contributed by atoms with E-state index in [4.69, 9.17) is 14.3 Å². The largest absolute Gasteiger partial charge is 0.379 e. The molecule has 0 aliphatic carbocycles. The van der Waals surface area contributed by atoms with E-state index in [0.717, 1.165) is 44.6 Å². The molecule has 8 atom stereocenters. The van der Waals surface area contributed by atoms with Gasteiger partial charge in [-0.3, -0.25) is 33.7 Å². The van der Waals surface area contributed by atoms with E-state index in [1.54, 1.807) is 37.8 Å². The average molecular weight is 788 g/mol. The third-order valence-corrected chi connectivity index (χ3v) is 11.4. The number of methoxy groups -OCH3 is 2. The molecule has 0 spiro atoms. The quantitative estimate of drug-likeness (QED) is 0.127. The van der Waals surface area contributed by atoms with Gasteiger partial charge >= 0.3 is 0 Å². The van der Waals surface area contributed by atoms with Crippen LogP contribution in [0.1, 0.15) is 72.8 Å². The summed E-state index contributed by atoms with van der Waals surface area (Å²) in [5.41, 5.74) is 3.29. The van der Waals surface area contributed by atoms with Crippen molar-refractivity contribution in [3.63, 3.8) is 0 Å². The summed E-state index contributed by atoms with van der Waals surface area (Å²) in [6.45, 7) is 15.3. The normalized spacial score (nSPS) is 20.0. The van der Waals surface area contributed by atoms with Crippen molar-refractivity contribution in [2.45, 2.75) is 110 Å². The number of benzene rings is 1. The van der Waals surface area contributed by atoms with Crippen molar-refractivity contribution in [2.24, 2.45) is 17.8 Å². The highest BCUT2D eigenvalue weighted by atomic mass is 16.6. The highest BCUT2D eigenvalue weighted by Gasteiger charge is 2.42. The zero-order valence-electron chi connectivity index (χ0n) is 35.2. The number of hydrogen-bond acceptors (Lipinski definition) is 10. The molecule has 3 rings (SSSR count). The van der Waals surface area contributed by atoms with E-state index in [0.29, 0.717) is 13.0 Å². The fourth-order valence-corrected chi connectivity index (χ4v) is 8.14. The minimum Gasteiger partial charge on any atom is -0.379 e. The molecule has 0 aromatic heterocycles. The van der Waals surface area contributed by atoms with Gasteiger partial charge in [0, 0.05) is 60.4 Å². The van der Waals surface area contributed by atoms with E-state index < -0.39 is 42.2 Å². The maximum atomic E-state index is 14.2. The molecule has 1 aromatic rings. The van der Waals surface area contributed by atoms with Gasteiger partial charge in [-0.05, 0) is 37.2 Å². The van der Waals surface area contributed by atoms with Crippen LogP contribution < -0.4 is 21.4 Å². The van der Waals surface area contributed by atoms with Gasteiger partial charge < -0.3 is 35.2 Å². The summed E-state index contributed by atoms with van der Waals surface area (Å²) >= 11 is 0. The van der Waals surface area contributed by atoms with Crippen molar-refractivity contribution in [3.05, 3.63) is 35.9 Å². The lowest BCUT2D eigenvalue weighted by Gasteiger charge is -2.39. The Hall–Kier alpha value is -3.63. The molecule has 56 heavy (non-hydrogen) atoms. The van der Waals surface area contributed by atoms with Crippen LogP contribution >= 0.6 is 0 Å². The van der Waals surface area contributed by atoms with Gasteiger partial charge in [0.15, 0.2) is 0 Å². The fraction of sp³-hybridized carbons (Fsp3) is 0.732. The van der Waals surface area contributed by atoms with Crippen molar-refractivity contribution < 1.29 is 38.3 Å². The van der Waals surface area contributed by atoms with Crippen LogP contribution in [0.2, 0.25) is 0 Å². The van der Waals surface area contributed by atoms with Gasteiger partial charge in [-0.2, -0.15) is 0 Å². The molecule has 0 bridgehead atoms. The highest BCUT2D eigenvalue weighted by molar-refractivity contribution is 5.89. The Morgan fingerprint density at radius 1 is 0.929 bits per heavy atom. The smallest absolute Gasteiger partial charge is 0.266 e. The first kappa shape index (κ1) is 46.8. The van der Waals surface area contributed by atoms with E-state index in [1.807, 2.05) is 58.0 Å². The lowest BCUT2D eigenvalue weighted by Crippen LogP contribution is -2.57. The molecule has 2 aliphatic rings. The van der Waals surface area contributed by atoms with Crippen molar-refractivity contribution in [3.8, 4) is 0 Å². The molecule has 2 heterocycles. The second kappa shape index (κ2) is 23.6. The van der Waals surface area contributed by atoms with Crippen molar-refractivity contribution in [1.82, 2.24) is 36.1 Å². The molecule has 0 radical (unpaired) electrons. The van der Waals surface area contributed by atoms with E-state index >= 15 is 0 Å². The Bertz CT molecular complexity index is 1390. The summed E-state index contributed by atoms with van der Waals surface area (Å²) in [4.78, 5) is 78.7. The highest BCUT2D eigenvalue weighted by Crippen LogP contribution is 2.29. The molecule has 8 unspecified atom stereocenters. The summed E-state index contributed by atoms with van der Waals surface area (Å²) in [6.07, 6.45) is 1.10. The van der Waals surface area contributed by atoms with E-state index in [-0.39, 0.29) is 67.5 Å². The van der Waals surface area contributed by atoms with Crippen molar-refractivity contribution in [1.29, 1.82) is 0 Å². The number of nitrogens with one attached hydrogen (secondary N) is 4. The number of rotatable bonds is 22. The molecule has 2 saturated heterocycles. The minimum absolute atomic E-state index is 0.0121.